The third-order valence-electron chi connectivity index (χ3n) is 5.15. The van der Waals surface area contributed by atoms with Gasteiger partial charge in [-0.3, -0.25) is 14.6 Å². The Morgan fingerprint density at radius 1 is 0.971 bits per heavy atom. The predicted molar refractivity (Wildman–Crippen MR) is 135 cm³/mol. The lowest BCUT2D eigenvalue weighted by molar-refractivity contribution is -0.117. The Balaban J connectivity index is 1.49. The fraction of sp³-hybridized carbons (Fsp3) is 0.154. The first-order valence-electron chi connectivity index (χ1n) is 10.8. The van der Waals surface area contributed by atoms with Crippen molar-refractivity contribution in [2.24, 2.45) is 0 Å². The van der Waals surface area contributed by atoms with E-state index in [4.69, 9.17) is 5.73 Å². The van der Waals surface area contributed by atoms with Crippen LogP contribution in [-0.4, -0.2) is 33.2 Å². The lowest BCUT2D eigenvalue weighted by Gasteiger charge is -2.23. The van der Waals surface area contributed by atoms with Crippen LogP contribution in [0, 0.1) is 13.8 Å². The van der Waals surface area contributed by atoms with Gasteiger partial charge in [0.2, 0.25) is 5.91 Å². The van der Waals surface area contributed by atoms with Crippen LogP contribution in [0.25, 0.3) is 11.3 Å². The molecule has 0 unspecified atom stereocenters. The van der Waals surface area contributed by atoms with Crippen molar-refractivity contribution in [1.29, 1.82) is 0 Å². The molecule has 0 spiro atoms. The topological polar surface area (TPSA) is 101 Å². The molecule has 2 aromatic heterocycles. The Morgan fingerprint density at radius 3 is 2.26 bits per heavy atom. The highest BCUT2D eigenvalue weighted by Gasteiger charge is 2.20. The molecule has 34 heavy (non-hydrogen) atoms. The zero-order valence-electron chi connectivity index (χ0n) is 19.0. The van der Waals surface area contributed by atoms with Crippen LogP contribution in [0.2, 0.25) is 0 Å². The summed E-state index contributed by atoms with van der Waals surface area (Å²) in [6, 6.07) is 20.5. The summed E-state index contributed by atoms with van der Waals surface area (Å²) in [7, 11) is 0. The molecule has 0 saturated heterocycles. The normalized spacial score (nSPS) is 10.6. The van der Waals surface area contributed by atoms with E-state index in [1.807, 2.05) is 73.8 Å². The Labute approximate surface area is 202 Å². The number of hydrogen-bond acceptors (Lipinski definition) is 6. The molecule has 0 aliphatic carbocycles. The van der Waals surface area contributed by atoms with Crippen LogP contribution in [0.3, 0.4) is 0 Å². The number of aromatic nitrogens is 2. The van der Waals surface area contributed by atoms with Crippen LogP contribution in [0.15, 0.2) is 72.1 Å². The molecule has 2 amide bonds. The van der Waals surface area contributed by atoms with Gasteiger partial charge in [-0.05, 0) is 43.7 Å². The van der Waals surface area contributed by atoms with Gasteiger partial charge in [-0.25, -0.2) is 4.98 Å². The average molecular weight is 472 g/mol. The number of amides is 2. The SMILES string of the molecule is Cc1cc(C(=O)N(CC(=O)Nc2ccc(-c3csc(N)n3)cc2)Cc2ccccc2)cc(C)n1. The van der Waals surface area contributed by atoms with Gasteiger partial charge in [0.1, 0.15) is 6.54 Å². The predicted octanol–water partition coefficient (Wildman–Crippen LogP) is 4.69. The Bertz CT molecular complexity index is 1280. The quantitative estimate of drug-likeness (QED) is 0.407. The third-order valence-corrected chi connectivity index (χ3v) is 5.83. The second-order valence-corrected chi connectivity index (χ2v) is 8.87. The monoisotopic (exact) mass is 471 g/mol. The summed E-state index contributed by atoms with van der Waals surface area (Å²) < 4.78 is 0. The van der Waals surface area contributed by atoms with Crippen molar-refractivity contribution in [2.75, 3.05) is 17.6 Å². The second kappa shape index (κ2) is 10.3. The van der Waals surface area contributed by atoms with Gasteiger partial charge in [0.15, 0.2) is 5.13 Å². The third kappa shape index (κ3) is 5.85. The first-order chi connectivity index (χ1) is 16.4. The van der Waals surface area contributed by atoms with Crippen molar-refractivity contribution in [3.63, 3.8) is 0 Å². The van der Waals surface area contributed by atoms with Crippen LogP contribution in [0.1, 0.15) is 27.3 Å². The van der Waals surface area contributed by atoms with Gasteiger partial charge in [-0.15, -0.1) is 11.3 Å². The number of nitrogens with one attached hydrogen (secondary N) is 1. The molecule has 4 rings (SSSR count). The minimum Gasteiger partial charge on any atom is -0.375 e. The summed E-state index contributed by atoms with van der Waals surface area (Å²) in [6.45, 7) is 3.93. The minimum absolute atomic E-state index is 0.0848. The molecule has 2 aromatic carbocycles. The van der Waals surface area contributed by atoms with E-state index < -0.39 is 0 Å². The van der Waals surface area contributed by atoms with Crippen LogP contribution < -0.4 is 11.1 Å². The van der Waals surface area contributed by atoms with Crippen molar-refractivity contribution in [1.82, 2.24) is 14.9 Å². The molecule has 172 valence electrons. The number of anilines is 2. The van der Waals surface area contributed by atoms with Crippen molar-refractivity contribution in [3.8, 4) is 11.3 Å². The largest absolute Gasteiger partial charge is 0.375 e. The first-order valence-corrected chi connectivity index (χ1v) is 11.6. The number of pyridine rings is 1. The number of carbonyl (C=O) groups excluding carboxylic acids is 2. The molecule has 0 aliphatic rings. The number of nitrogen functional groups attached to an aromatic ring is 1. The van der Waals surface area contributed by atoms with Gasteiger partial charge in [0.05, 0.1) is 5.69 Å². The van der Waals surface area contributed by atoms with Gasteiger partial charge in [-0.2, -0.15) is 0 Å². The zero-order chi connectivity index (χ0) is 24.1. The maximum absolute atomic E-state index is 13.3. The van der Waals surface area contributed by atoms with E-state index in [1.54, 1.807) is 17.0 Å². The number of benzene rings is 2. The number of nitrogens with two attached hydrogens (primary N) is 1. The van der Waals surface area contributed by atoms with Crippen LogP contribution >= 0.6 is 11.3 Å². The van der Waals surface area contributed by atoms with E-state index in [1.165, 1.54) is 11.3 Å². The fourth-order valence-corrected chi connectivity index (χ4v) is 4.23. The number of carbonyl (C=O) groups is 2. The van der Waals surface area contributed by atoms with E-state index in [0.29, 0.717) is 22.9 Å². The van der Waals surface area contributed by atoms with E-state index >= 15 is 0 Å². The van der Waals surface area contributed by atoms with Crippen molar-refractivity contribution >= 4 is 34.0 Å². The Kier molecular flexibility index (Phi) is 6.98. The van der Waals surface area contributed by atoms with Crippen molar-refractivity contribution < 1.29 is 9.59 Å². The Morgan fingerprint density at radius 2 is 1.65 bits per heavy atom. The highest BCUT2D eigenvalue weighted by Crippen LogP contribution is 2.24. The van der Waals surface area contributed by atoms with Gasteiger partial charge >= 0.3 is 0 Å². The highest BCUT2D eigenvalue weighted by atomic mass is 32.1. The van der Waals surface area contributed by atoms with E-state index in [-0.39, 0.29) is 18.4 Å². The standard InChI is InChI=1S/C26H25N5O2S/c1-17-12-21(13-18(2)28-17)25(33)31(14-19-6-4-3-5-7-19)15-24(32)29-22-10-8-20(9-11-22)23-16-34-26(27)30-23/h3-13,16H,14-15H2,1-2H3,(H2,27,30)(H,29,32). The number of rotatable bonds is 7. The molecule has 0 radical (unpaired) electrons. The molecule has 0 fully saturated rings. The van der Waals surface area contributed by atoms with Gasteiger partial charge in [0, 0.05) is 40.1 Å². The molecule has 4 aromatic rings. The summed E-state index contributed by atoms with van der Waals surface area (Å²) in [5.74, 6) is -0.499. The molecule has 0 saturated carbocycles. The molecule has 7 nitrogen and oxygen atoms in total. The van der Waals surface area contributed by atoms with E-state index in [2.05, 4.69) is 15.3 Å². The second-order valence-electron chi connectivity index (χ2n) is 7.98. The lowest BCUT2D eigenvalue weighted by Crippen LogP contribution is -2.37. The molecule has 3 N–H and O–H groups in total. The minimum atomic E-state index is -0.280. The van der Waals surface area contributed by atoms with Crippen molar-refractivity contribution in [2.45, 2.75) is 20.4 Å². The number of aryl methyl sites for hydroxylation is 2. The van der Waals surface area contributed by atoms with Crippen molar-refractivity contribution in [3.05, 3.63) is 94.6 Å². The molecule has 2 heterocycles. The summed E-state index contributed by atoms with van der Waals surface area (Å²) >= 11 is 1.38. The lowest BCUT2D eigenvalue weighted by atomic mass is 10.1. The number of thiazole rings is 1. The van der Waals surface area contributed by atoms with Crippen LogP contribution in [0.5, 0.6) is 0 Å². The first kappa shape index (κ1) is 23.1. The van der Waals surface area contributed by atoms with Gasteiger partial charge < -0.3 is 16.0 Å². The summed E-state index contributed by atoms with van der Waals surface area (Å²) in [6.07, 6.45) is 0. The van der Waals surface area contributed by atoms with Crippen LogP contribution in [0.4, 0.5) is 10.8 Å². The Hall–Kier alpha value is -4.04. The fourth-order valence-electron chi connectivity index (χ4n) is 3.66. The maximum Gasteiger partial charge on any atom is 0.254 e. The van der Waals surface area contributed by atoms with Crippen LogP contribution in [-0.2, 0) is 11.3 Å². The molecular formula is C26H25N5O2S. The molecule has 0 aliphatic heterocycles. The molecule has 0 atom stereocenters. The molecular weight excluding hydrogens is 446 g/mol. The van der Waals surface area contributed by atoms with Gasteiger partial charge in [0.25, 0.3) is 5.91 Å². The highest BCUT2D eigenvalue weighted by molar-refractivity contribution is 7.13. The smallest absolute Gasteiger partial charge is 0.254 e. The van der Waals surface area contributed by atoms with E-state index in [9.17, 15) is 9.59 Å². The molecule has 8 heteroatoms. The maximum atomic E-state index is 13.3. The summed E-state index contributed by atoms with van der Waals surface area (Å²) in [5, 5.41) is 5.28. The number of hydrogen-bond donors (Lipinski definition) is 2. The average Bonchev–Trinajstić information content (AvgIpc) is 3.25. The van der Waals surface area contributed by atoms with Gasteiger partial charge in [-0.1, -0.05) is 42.5 Å². The number of nitrogens with zero attached hydrogens (tertiary/aromatic N) is 3. The molecule has 0 bridgehead atoms. The zero-order valence-corrected chi connectivity index (χ0v) is 19.8. The van der Waals surface area contributed by atoms with E-state index in [0.717, 1.165) is 28.2 Å². The summed E-state index contributed by atoms with van der Waals surface area (Å²) in [4.78, 5) is 36.4. The summed E-state index contributed by atoms with van der Waals surface area (Å²) in [5.41, 5.74) is 11.0.